The molecule has 0 aliphatic heterocycles. The van der Waals surface area contributed by atoms with Gasteiger partial charge in [-0.1, -0.05) is 18.2 Å². The summed E-state index contributed by atoms with van der Waals surface area (Å²) in [6.07, 6.45) is -0.933. The number of para-hydroxylation sites is 1. The monoisotopic (exact) mass is 416 g/mol. The predicted octanol–water partition coefficient (Wildman–Crippen LogP) is 5.06. The fraction of sp³-hybridized carbons (Fsp3) is 0.364. The summed E-state index contributed by atoms with van der Waals surface area (Å²) in [7, 11) is 0. The van der Waals surface area contributed by atoms with E-state index in [0.717, 1.165) is 54.4 Å². The Balaban J connectivity index is 1.73. The maximum absolute atomic E-state index is 13.0. The molecular weight excluding hydrogens is 393 g/mol. The summed E-state index contributed by atoms with van der Waals surface area (Å²) < 4.78 is 41.1. The molecular formula is C22H23F3N4O. The van der Waals surface area contributed by atoms with Crippen LogP contribution in [0.5, 0.6) is 0 Å². The van der Waals surface area contributed by atoms with E-state index in [1.165, 1.54) is 12.1 Å². The fourth-order valence-electron chi connectivity index (χ4n) is 4.21. The van der Waals surface area contributed by atoms with Crippen molar-refractivity contribution in [2.45, 2.75) is 50.9 Å². The summed E-state index contributed by atoms with van der Waals surface area (Å²) >= 11 is 0. The van der Waals surface area contributed by atoms with E-state index in [1.807, 2.05) is 29.7 Å². The SMILES string of the molecule is Cc1cccc2nc(NC(=O)c3cccc(C(F)(F)F)c3)n(C3CCCC(N)C3)c12. The van der Waals surface area contributed by atoms with Crippen LogP contribution in [0.2, 0.25) is 0 Å². The van der Waals surface area contributed by atoms with Gasteiger partial charge in [-0.15, -0.1) is 0 Å². The molecule has 0 radical (unpaired) electrons. The Kier molecular flexibility index (Phi) is 5.27. The molecule has 0 spiro atoms. The molecule has 2 unspecified atom stereocenters. The third kappa shape index (κ3) is 3.92. The van der Waals surface area contributed by atoms with Crippen LogP contribution in [0, 0.1) is 6.92 Å². The van der Waals surface area contributed by atoms with E-state index in [-0.39, 0.29) is 17.6 Å². The minimum atomic E-state index is -4.52. The number of alkyl halides is 3. The number of aromatic nitrogens is 2. The molecule has 0 saturated heterocycles. The van der Waals surface area contributed by atoms with Crippen LogP contribution in [-0.4, -0.2) is 21.5 Å². The Bertz CT molecular complexity index is 1090. The Labute approximate surface area is 172 Å². The lowest BCUT2D eigenvalue weighted by Gasteiger charge is -2.29. The van der Waals surface area contributed by atoms with Crippen molar-refractivity contribution in [3.63, 3.8) is 0 Å². The second-order valence-electron chi connectivity index (χ2n) is 7.86. The molecule has 0 bridgehead atoms. The number of nitrogens with one attached hydrogen (secondary N) is 1. The number of carbonyl (C=O) groups excluding carboxylic acids is 1. The number of nitrogens with zero attached hydrogens (tertiary/aromatic N) is 2. The maximum Gasteiger partial charge on any atom is 0.416 e. The van der Waals surface area contributed by atoms with Crippen LogP contribution >= 0.6 is 0 Å². The molecule has 1 aliphatic carbocycles. The molecule has 2 aromatic carbocycles. The third-order valence-corrected chi connectivity index (χ3v) is 5.64. The van der Waals surface area contributed by atoms with Gasteiger partial charge in [0, 0.05) is 17.6 Å². The Hall–Kier alpha value is -2.87. The van der Waals surface area contributed by atoms with Gasteiger partial charge in [-0.2, -0.15) is 13.2 Å². The summed E-state index contributed by atoms with van der Waals surface area (Å²) in [5, 5.41) is 2.74. The molecule has 158 valence electrons. The molecule has 4 rings (SSSR count). The number of fused-ring (bicyclic) bond motifs is 1. The Morgan fingerprint density at radius 2 is 1.97 bits per heavy atom. The minimum absolute atomic E-state index is 0.0664. The smallest absolute Gasteiger partial charge is 0.328 e. The van der Waals surface area contributed by atoms with E-state index >= 15 is 0 Å². The number of halogens is 3. The first-order valence-electron chi connectivity index (χ1n) is 9.96. The number of anilines is 1. The van der Waals surface area contributed by atoms with Crippen molar-refractivity contribution in [3.8, 4) is 0 Å². The highest BCUT2D eigenvalue weighted by molar-refractivity contribution is 6.04. The standard InChI is InChI=1S/C22H23F3N4O/c1-13-5-2-10-18-19(13)29(17-9-4-8-16(26)12-17)21(27-18)28-20(30)14-6-3-7-15(11-14)22(23,24)25/h2-3,5-7,10-11,16-17H,4,8-9,12,26H2,1H3,(H,27,28,30). The average Bonchev–Trinajstić information content (AvgIpc) is 3.06. The highest BCUT2D eigenvalue weighted by atomic mass is 19.4. The lowest BCUT2D eigenvalue weighted by Crippen LogP contribution is -2.30. The summed E-state index contributed by atoms with van der Waals surface area (Å²) in [6, 6.07) is 10.2. The number of imidazole rings is 1. The summed E-state index contributed by atoms with van der Waals surface area (Å²) in [6.45, 7) is 1.97. The molecule has 3 aromatic rings. The molecule has 1 aliphatic rings. The number of rotatable bonds is 3. The number of hydrogen-bond donors (Lipinski definition) is 2. The summed E-state index contributed by atoms with van der Waals surface area (Å²) in [5.74, 6) is -0.295. The highest BCUT2D eigenvalue weighted by Gasteiger charge is 2.31. The van der Waals surface area contributed by atoms with Crippen molar-refractivity contribution in [3.05, 3.63) is 59.2 Å². The van der Waals surface area contributed by atoms with Gasteiger partial charge >= 0.3 is 6.18 Å². The quantitative estimate of drug-likeness (QED) is 0.627. The minimum Gasteiger partial charge on any atom is -0.328 e. The largest absolute Gasteiger partial charge is 0.416 e. The number of benzene rings is 2. The van der Waals surface area contributed by atoms with Gasteiger partial charge in [0.2, 0.25) is 5.95 Å². The van der Waals surface area contributed by atoms with E-state index in [9.17, 15) is 18.0 Å². The second kappa shape index (κ2) is 7.75. The van der Waals surface area contributed by atoms with Gasteiger partial charge in [-0.05, 0) is 62.4 Å². The van der Waals surface area contributed by atoms with Crippen LogP contribution < -0.4 is 11.1 Å². The van der Waals surface area contributed by atoms with Crippen molar-refractivity contribution in [2.75, 3.05) is 5.32 Å². The molecule has 5 nitrogen and oxygen atoms in total. The summed E-state index contributed by atoms with van der Waals surface area (Å²) in [4.78, 5) is 17.4. The van der Waals surface area contributed by atoms with Gasteiger partial charge in [0.05, 0.1) is 16.6 Å². The van der Waals surface area contributed by atoms with Crippen molar-refractivity contribution in [1.82, 2.24) is 9.55 Å². The van der Waals surface area contributed by atoms with Crippen molar-refractivity contribution in [1.29, 1.82) is 0 Å². The van der Waals surface area contributed by atoms with Gasteiger partial charge < -0.3 is 10.3 Å². The zero-order valence-corrected chi connectivity index (χ0v) is 16.5. The van der Waals surface area contributed by atoms with Crippen LogP contribution in [0.25, 0.3) is 11.0 Å². The van der Waals surface area contributed by atoms with E-state index in [1.54, 1.807) is 0 Å². The molecule has 2 atom stereocenters. The number of aryl methyl sites for hydroxylation is 1. The van der Waals surface area contributed by atoms with Crippen LogP contribution in [-0.2, 0) is 6.18 Å². The Morgan fingerprint density at radius 3 is 2.70 bits per heavy atom. The molecule has 30 heavy (non-hydrogen) atoms. The maximum atomic E-state index is 13.0. The molecule has 3 N–H and O–H groups in total. The third-order valence-electron chi connectivity index (χ3n) is 5.64. The topological polar surface area (TPSA) is 72.9 Å². The highest BCUT2D eigenvalue weighted by Crippen LogP contribution is 2.35. The fourth-order valence-corrected chi connectivity index (χ4v) is 4.21. The average molecular weight is 416 g/mol. The summed E-state index contributed by atoms with van der Waals surface area (Å²) in [5.41, 5.74) is 7.91. The number of carbonyl (C=O) groups is 1. The van der Waals surface area contributed by atoms with Crippen molar-refractivity contribution in [2.24, 2.45) is 5.73 Å². The van der Waals surface area contributed by atoms with Crippen molar-refractivity contribution >= 4 is 22.9 Å². The first kappa shape index (κ1) is 20.4. The number of nitrogens with two attached hydrogens (primary N) is 1. The lowest BCUT2D eigenvalue weighted by molar-refractivity contribution is -0.137. The predicted molar refractivity (Wildman–Crippen MR) is 109 cm³/mol. The van der Waals surface area contributed by atoms with Gasteiger partial charge in [-0.3, -0.25) is 10.1 Å². The van der Waals surface area contributed by atoms with Gasteiger partial charge in [0.15, 0.2) is 0 Å². The van der Waals surface area contributed by atoms with Gasteiger partial charge in [0.25, 0.3) is 5.91 Å². The van der Waals surface area contributed by atoms with E-state index < -0.39 is 17.6 Å². The van der Waals surface area contributed by atoms with Crippen LogP contribution in [0.15, 0.2) is 42.5 Å². The molecule has 1 saturated carbocycles. The number of hydrogen-bond acceptors (Lipinski definition) is 3. The van der Waals surface area contributed by atoms with E-state index in [2.05, 4.69) is 10.3 Å². The molecule has 1 fully saturated rings. The van der Waals surface area contributed by atoms with Crippen LogP contribution in [0.4, 0.5) is 19.1 Å². The normalized spacial score (nSPS) is 19.8. The molecule has 1 aromatic heterocycles. The van der Waals surface area contributed by atoms with Crippen LogP contribution in [0.3, 0.4) is 0 Å². The van der Waals surface area contributed by atoms with Crippen molar-refractivity contribution < 1.29 is 18.0 Å². The van der Waals surface area contributed by atoms with Gasteiger partial charge in [0.1, 0.15) is 0 Å². The molecule has 1 amide bonds. The first-order valence-corrected chi connectivity index (χ1v) is 9.96. The van der Waals surface area contributed by atoms with Crippen LogP contribution in [0.1, 0.15) is 53.2 Å². The molecule has 1 heterocycles. The number of amides is 1. The lowest BCUT2D eigenvalue weighted by atomic mass is 9.91. The first-order chi connectivity index (χ1) is 14.2. The zero-order chi connectivity index (χ0) is 21.5. The van der Waals surface area contributed by atoms with E-state index in [4.69, 9.17) is 5.73 Å². The Morgan fingerprint density at radius 1 is 1.20 bits per heavy atom. The van der Waals surface area contributed by atoms with E-state index in [0.29, 0.717) is 5.95 Å². The second-order valence-corrected chi connectivity index (χ2v) is 7.86. The molecule has 8 heteroatoms. The zero-order valence-electron chi connectivity index (χ0n) is 16.5. The van der Waals surface area contributed by atoms with Gasteiger partial charge in [-0.25, -0.2) is 4.98 Å².